The molecule has 6 nitrogen and oxygen atoms in total. The van der Waals surface area contributed by atoms with Crippen molar-refractivity contribution in [1.29, 1.82) is 0 Å². The molecule has 1 aliphatic rings. The molecule has 5 rings (SSSR count). The van der Waals surface area contributed by atoms with Crippen LogP contribution in [0.5, 0.6) is 0 Å². The molecule has 0 aliphatic heterocycles. The van der Waals surface area contributed by atoms with Crippen LogP contribution >= 0.6 is 11.3 Å². The summed E-state index contributed by atoms with van der Waals surface area (Å²) in [6.45, 7) is 0.589. The molecule has 0 radical (unpaired) electrons. The van der Waals surface area contributed by atoms with Gasteiger partial charge in [-0.15, -0.1) is 11.3 Å². The second-order valence-electron chi connectivity index (χ2n) is 8.13. The van der Waals surface area contributed by atoms with Crippen LogP contribution in [0.2, 0.25) is 0 Å². The van der Waals surface area contributed by atoms with Crippen LogP contribution in [0.25, 0.3) is 21.5 Å². The predicted octanol–water partition coefficient (Wildman–Crippen LogP) is 5.13. The molecular weight excluding hydrogens is 406 g/mol. The lowest BCUT2D eigenvalue weighted by Crippen LogP contribution is -2.19. The van der Waals surface area contributed by atoms with Crippen LogP contribution in [0.15, 0.2) is 48.9 Å². The van der Waals surface area contributed by atoms with E-state index in [9.17, 15) is 4.79 Å². The first-order valence-electron chi connectivity index (χ1n) is 10.7. The number of thiophene rings is 1. The number of nitrogens with two attached hydrogens (primary N) is 1. The summed E-state index contributed by atoms with van der Waals surface area (Å²) in [5, 5.41) is 4.46. The second kappa shape index (κ2) is 8.51. The third kappa shape index (κ3) is 4.05. The number of aromatic amines is 1. The largest absolute Gasteiger partial charge is 0.365 e. The maximum Gasteiger partial charge on any atom is 0.252 e. The molecule has 0 aromatic carbocycles. The Morgan fingerprint density at radius 1 is 1.16 bits per heavy atom. The molecule has 7 heteroatoms. The zero-order valence-electron chi connectivity index (χ0n) is 17.2. The van der Waals surface area contributed by atoms with E-state index in [1.54, 1.807) is 23.7 Å². The Labute approximate surface area is 184 Å². The van der Waals surface area contributed by atoms with E-state index in [2.05, 4.69) is 38.5 Å². The molecule has 1 aliphatic carbocycles. The number of nitrogens with zero attached hydrogens (tertiary/aromatic N) is 2. The number of anilines is 1. The van der Waals surface area contributed by atoms with Gasteiger partial charge in [0.2, 0.25) is 0 Å². The van der Waals surface area contributed by atoms with Gasteiger partial charge in [0.15, 0.2) is 0 Å². The smallest absolute Gasteiger partial charge is 0.252 e. The lowest BCUT2D eigenvalue weighted by atomic mass is 9.95. The Kier molecular flexibility index (Phi) is 5.42. The third-order valence-electron chi connectivity index (χ3n) is 6.08. The van der Waals surface area contributed by atoms with Crippen molar-refractivity contribution in [2.75, 3.05) is 5.32 Å². The third-order valence-corrected chi connectivity index (χ3v) is 7.19. The van der Waals surface area contributed by atoms with E-state index in [0.29, 0.717) is 23.8 Å². The van der Waals surface area contributed by atoms with Gasteiger partial charge in [0.1, 0.15) is 11.5 Å². The molecule has 31 heavy (non-hydrogen) atoms. The lowest BCUT2D eigenvalue weighted by molar-refractivity contribution is 0.0999. The quantitative estimate of drug-likeness (QED) is 0.378. The van der Waals surface area contributed by atoms with Crippen LogP contribution < -0.4 is 11.1 Å². The summed E-state index contributed by atoms with van der Waals surface area (Å²) in [4.78, 5) is 26.6. The van der Waals surface area contributed by atoms with E-state index < -0.39 is 5.91 Å². The van der Waals surface area contributed by atoms with Gasteiger partial charge in [-0.05, 0) is 48.2 Å². The Morgan fingerprint density at radius 3 is 2.87 bits per heavy atom. The topological polar surface area (TPSA) is 96.7 Å². The van der Waals surface area contributed by atoms with Gasteiger partial charge in [-0.1, -0.05) is 25.7 Å². The molecule has 0 saturated heterocycles. The summed E-state index contributed by atoms with van der Waals surface area (Å²) >= 11 is 1.72. The van der Waals surface area contributed by atoms with Gasteiger partial charge in [0.05, 0.1) is 12.1 Å². The molecule has 1 saturated carbocycles. The molecule has 0 unspecified atom stereocenters. The normalized spacial score (nSPS) is 14.3. The molecule has 4 N–H and O–H groups in total. The van der Waals surface area contributed by atoms with E-state index in [1.807, 2.05) is 18.3 Å². The second-order valence-corrected chi connectivity index (χ2v) is 9.30. The molecule has 4 heterocycles. The van der Waals surface area contributed by atoms with Crippen LogP contribution in [0.3, 0.4) is 0 Å². The van der Waals surface area contributed by atoms with Crippen LogP contribution in [0, 0.1) is 5.92 Å². The lowest BCUT2D eigenvalue weighted by Gasteiger charge is -2.15. The Hall–Kier alpha value is -3.19. The maximum atomic E-state index is 12.2. The number of hydrogen-bond donors (Lipinski definition) is 3. The summed E-state index contributed by atoms with van der Waals surface area (Å²) in [6, 6.07) is 10.2. The summed E-state index contributed by atoms with van der Waals surface area (Å²) in [6.07, 6.45) is 11.5. The molecule has 4 aromatic rings. The number of carbonyl (C=O) groups excluding carboxylic acids is 1. The highest BCUT2D eigenvalue weighted by Crippen LogP contribution is 2.34. The first-order valence-corrected chi connectivity index (χ1v) is 11.5. The number of H-pyrrole nitrogens is 1. The fraction of sp³-hybridized carbons (Fsp3) is 0.292. The highest BCUT2D eigenvalue weighted by Gasteiger charge is 2.21. The highest BCUT2D eigenvalue weighted by molar-refractivity contribution is 7.15. The summed E-state index contributed by atoms with van der Waals surface area (Å²) in [7, 11) is 0. The van der Waals surface area contributed by atoms with E-state index in [4.69, 9.17) is 5.73 Å². The zero-order valence-corrected chi connectivity index (χ0v) is 18.0. The minimum atomic E-state index is -0.415. The maximum absolute atomic E-state index is 12.2. The first kappa shape index (κ1) is 19.8. The van der Waals surface area contributed by atoms with Gasteiger partial charge in [-0.3, -0.25) is 4.79 Å². The average Bonchev–Trinajstić information content (AvgIpc) is 3.52. The number of hydrogen-bond acceptors (Lipinski definition) is 5. The molecule has 158 valence electrons. The molecule has 1 amide bonds. The summed E-state index contributed by atoms with van der Waals surface area (Å²) < 4.78 is 0. The van der Waals surface area contributed by atoms with E-state index >= 15 is 0 Å². The van der Waals surface area contributed by atoms with Crippen LogP contribution in [0.1, 0.15) is 46.5 Å². The van der Waals surface area contributed by atoms with E-state index in [0.717, 1.165) is 33.5 Å². The van der Waals surface area contributed by atoms with Crippen molar-refractivity contribution >= 4 is 34.1 Å². The number of amides is 1. The van der Waals surface area contributed by atoms with Crippen molar-refractivity contribution in [2.24, 2.45) is 11.7 Å². The van der Waals surface area contributed by atoms with Gasteiger partial charge < -0.3 is 16.0 Å². The number of pyridine rings is 2. The predicted molar refractivity (Wildman–Crippen MR) is 125 cm³/mol. The average molecular weight is 432 g/mol. The van der Waals surface area contributed by atoms with Crippen molar-refractivity contribution in [3.63, 3.8) is 0 Å². The molecule has 0 spiro atoms. The SMILES string of the molecule is NC(=O)c1c(CC2CCCC2)ccnc1NCc1ccc(-c2c[nH]c3ncccc23)s1. The number of primary amides is 1. The zero-order chi connectivity index (χ0) is 21.2. The van der Waals surface area contributed by atoms with Crippen LogP contribution in [-0.2, 0) is 13.0 Å². The van der Waals surface area contributed by atoms with Crippen LogP contribution in [0.4, 0.5) is 5.82 Å². The number of carbonyl (C=O) groups is 1. The Balaban J connectivity index is 1.35. The van der Waals surface area contributed by atoms with Gasteiger partial charge in [-0.2, -0.15) is 0 Å². The van der Waals surface area contributed by atoms with E-state index in [1.165, 1.54) is 30.6 Å². The van der Waals surface area contributed by atoms with Gasteiger partial charge in [0, 0.05) is 39.3 Å². The van der Waals surface area contributed by atoms with Crippen molar-refractivity contribution in [3.05, 3.63) is 64.9 Å². The number of nitrogens with one attached hydrogen (secondary N) is 2. The number of fused-ring (bicyclic) bond motifs is 1. The first-order chi connectivity index (χ1) is 15.2. The number of rotatable bonds is 7. The van der Waals surface area contributed by atoms with Gasteiger partial charge >= 0.3 is 0 Å². The van der Waals surface area contributed by atoms with Crippen molar-refractivity contribution in [3.8, 4) is 10.4 Å². The molecule has 0 bridgehead atoms. The fourth-order valence-electron chi connectivity index (χ4n) is 4.55. The highest BCUT2D eigenvalue weighted by atomic mass is 32.1. The fourth-order valence-corrected chi connectivity index (χ4v) is 5.53. The summed E-state index contributed by atoms with van der Waals surface area (Å²) in [5.41, 5.74) is 9.34. The number of aromatic nitrogens is 3. The monoisotopic (exact) mass is 431 g/mol. The van der Waals surface area contributed by atoms with Crippen molar-refractivity contribution < 1.29 is 4.79 Å². The standard InChI is InChI=1S/C24H25N5OS/c25-22(30)21-16(12-15-4-1-2-5-15)9-11-27-24(21)28-13-17-7-8-20(31-17)19-14-29-23-18(19)6-3-10-26-23/h3,6-11,14-15H,1-2,4-5,12-13H2,(H2,25,30)(H,26,29)(H,27,28). The molecule has 0 atom stereocenters. The Bertz CT molecular complexity index is 1220. The van der Waals surface area contributed by atoms with Crippen molar-refractivity contribution in [1.82, 2.24) is 15.0 Å². The molecule has 1 fully saturated rings. The van der Waals surface area contributed by atoms with Gasteiger partial charge in [0.25, 0.3) is 5.91 Å². The molecular formula is C24H25N5OS. The minimum Gasteiger partial charge on any atom is -0.365 e. The van der Waals surface area contributed by atoms with Crippen LogP contribution in [-0.4, -0.2) is 20.9 Å². The summed E-state index contributed by atoms with van der Waals surface area (Å²) in [5.74, 6) is 0.801. The van der Waals surface area contributed by atoms with Gasteiger partial charge in [-0.25, -0.2) is 9.97 Å². The Morgan fingerprint density at radius 2 is 2.03 bits per heavy atom. The van der Waals surface area contributed by atoms with E-state index in [-0.39, 0.29) is 0 Å². The molecule has 4 aromatic heterocycles. The minimum absolute atomic E-state index is 0.415. The van der Waals surface area contributed by atoms with Crippen molar-refractivity contribution in [2.45, 2.75) is 38.6 Å².